The molecule has 0 aliphatic heterocycles. The molecular weight excluding hydrogens is 248 g/mol. The largest absolute Gasteiger partial charge is 0.475 e. The van der Waals surface area contributed by atoms with E-state index >= 15 is 0 Å². The second-order valence-electron chi connectivity index (χ2n) is 4.12. The van der Waals surface area contributed by atoms with Gasteiger partial charge in [-0.05, 0) is 19.1 Å². The van der Waals surface area contributed by atoms with Crippen LogP contribution in [0.3, 0.4) is 0 Å². The molecule has 0 radical (unpaired) electrons. The van der Waals surface area contributed by atoms with Crippen molar-refractivity contribution < 1.29 is 19.1 Å². The molecule has 0 aromatic carbocycles. The van der Waals surface area contributed by atoms with Crippen molar-refractivity contribution in [3.05, 3.63) is 23.7 Å². The number of ether oxygens (including phenoxy) is 1. The Bertz CT molecular complexity index is 450. The number of carboxylic acids is 1. The number of hydrogen-bond acceptors (Lipinski definition) is 5. The van der Waals surface area contributed by atoms with E-state index in [1.165, 1.54) is 6.07 Å². The molecule has 6 heteroatoms. The highest BCUT2D eigenvalue weighted by atomic mass is 16.5. The van der Waals surface area contributed by atoms with E-state index in [0.29, 0.717) is 31.9 Å². The van der Waals surface area contributed by atoms with Crippen molar-refractivity contribution in [2.45, 2.75) is 19.4 Å². The SMILES string of the molecule is COCCN(CCC#N)C(C)c1ccc(C(=O)O)o1. The van der Waals surface area contributed by atoms with Crippen LogP contribution in [0.1, 0.15) is 35.7 Å². The molecule has 0 aliphatic rings. The molecule has 1 aromatic rings. The Balaban J connectivity index is 2.75. The molecule has 104 valence electrons. The van der Waals surface area contributed by atoms with Crippen LogP contribution >= 0.6 is 0 Å². The third-order valence-electron chi connectivity index (χ3n) is 2.89. The monoisotopic (exact) mass is 266 g/mol. The van der Waals surface area contributed by atoms with Gasteiger partial charge in [-0.25, -0.2) is 4.79 Å². The molecule has 0 aliphatic carbocycles. The van der Waals surface area contributed by atoms with Gasteiger partial charge in [-0.15, -0.1) is 0 Å². The Morgan fingerprint density at radius 2 is 2.32 bits per heavy atom. The molecule has 1 atom stereocenters. The van der Waals surface area contributed by atoms with Gasteiger partial charge in [0.2, 0.25) is 5.76 Å². The van der Waals surface area contributed by atoms with E-state index in [0.717, 1.165) is 0 Å². The van der Waals surface area contributed by atoms with Gasteiger partial charge in [0.25, 0.3) is 0 Å². The van der Waals surface area contributed by atoms with Crippen molar-refractivity contribution in [2.24, 2.45) is 0 Å². The second kappa shape index (κ2) is 7.56. The highest BCUT2D eigenvalue weighted by Gasteiger charge is 2.20. The van der Waals surface area contributed by atoms with Crippen LogP contribution in [0, 0.1) is 11.3 Å². The first-order valence-electron chi connectivity index (χ1n) is 6.03. The maximum absolute atomic E-state index is 10.8. The Morgan fingerprint density at radius 1 is 1.58 bits per heavy atom. The number of hydrogen-bond donors (Lipinski definition) is 1. The summed E-state index contributed by atoms with van der Waals surface area (Å²) < 4.78 is 10.3. The summed E-state index contributed by atoms with van der Waals surface area (Å²) in [5.41, 5.74) is 0. The van der Waals surface area contributed by atoms with Gasteiger partial charge in [0.05, 0.1) is 18.7 Å². The molecule has 19 heavy (non-hydrogen) atoms. The number of nitriles is 1. The summed E-state index contributed by atoms with van der Waals surface area (Å²) in [6.07, 6.45) is 0.403. The van der Waals surface area contributed by atoms with Gasteiger partial charge in [0.1, 0.15) is 5.76 Å². The minimum atomic E-state index is -1.08. The van der Waals surface area contributed by atoms with Crippen LogP contribution in [0.4, 0.5) is 0 Å². The predicted octanol–water partition coefficient (Wildman–Crippen LogP) is 1.90. The lowest BCUT2D eigenvalue weighted by molar-refractivity contribution is 0.0653. The Morgan fingerprint density at radius 3 is 2.84 bits per heavy atom. The fourth-order valence-electron chi connectivity index (χ4n) is 1.77. The molecule has 1 aromatic heterocycles. The molecule has 1 N–H and O–H groups in total. The average molecular weight is 266 g/mol. The summed E-state index contributed by atoms with van der Waals surface area (Å²) in [6, 6.07) is 5.09. The van der Waals surface area contributed by atoms with Crippen molar-refractivity contribution in [1.29, 1.82) is 5.26 Å². The number of carbonyl (C=O) groups is 1. The lowest BCUT2D eigenvalue weighted by Crippen LogP contribution is -2.31. The quantitative estimate of drug-likeness (QED) is 0.773. The fraction of sp³-hybridized carbons (Fsp3) is 0.538. The van der Waals surface area contributed by atoms with Crippen LogP contribution in [-0.4, -0.2) is 42.8 Å². The average Bonchev–Trinajstić information content (AvgIpc) is 2.88. The zero-order valence-electron chi connectivity index (χ0n) is 11.1. The lowest BCUT2D eigenvalue weighted by Gasteiger charge is -2.26. The number of nitrogens with zero attached hydrogens (tertiary/aromatic N) is 2. The molecule has 1 unspecified atom stereocenters. The Hall–Kier alpha value is -1.84. The van der Waals surface area contributed by atoms with Crippen LogP contribution < -0.4 is 0 Å². The van der Waals surface area contributed by atoms with Crippen LogP contribution in [0.15, 0.2) is 16.5 Å². The highest BCUT2D eigenvalue weighted by Crippen LogP contribution is 2.22. The number of carboxylic acid groups (broad SMARTS) is 1. The molecule has 0 fully saturated rings. The minimum Gasteiger partial charge on any atom is -0.475 e. The minimum absolute atomic E-state index is 0.0752. The molecule has 6 nitrogen and oxygen atoms in total. The molecular formula is C13H18N2O4. The van der Waals surface area contributed by atoms with Crippen LogP contribution in [0.2, 0.25) is 0 Å². The number of rotatable bonds is 8. The Kier molecular flexibility index (Phi) is 6.06. The summed E-state index contributed by atoms with van der Waals surface area (Å²) in [5.74, 6) is -0.584. The zero-order chi connectivity index (χ0) is 14.3. The molecule has 1 rings (SSSR count). The molecule has 0 spiro atoms. The van der Waals surface area contributed by atoms with E-state index in [4.69, 9.17) is 19.5 Å². The second-order valence-corrected chi connectivity index (χ2v) is 4.12. The first-order valence-corrected chi connectivity index (χ1v) is 6.03. The van der Waals surface area contributed by atoms with Gasteiger partial charge in [-0.3, -0.25) is 4.90 Å². The zero-order valence-corrected chi connectivity index (χ0v) is 11.1. The van der Waals surface area contributed by atoms with E-state index in [1.54, 1.807) is 13.2 Å². The highest BCUT2D eigenvalue weighted by molar-refractivity contribution is 5.84. The topological polar surface area (TPSA) is 86.7 Å². The smallest absolute Gasteiger partial charge is 0.371 e. The maximum atomic E-state index is 10.8. The number of aromatic carboxylic acids is 1. The Labute approximate surface area is 112 Å². The van der Waals surface area contributed by atoms with Crippen molar-refractivity contribution in [1.82, 2.24) is 4.90 Å². The summed E-state index contributed by atoms with van der Waals surface area (Å²) >= 11 is 0. The van der Waals surface area contributed by atoms with Gasteiger partial charge < -0.3 is 14.3 Å². The van der Waals surface area contributed by atoms with Gasteiger partial charge in [-0.2, -0.15) is 5.26 Å². The number of furan rings is 1. The maximum Gasteiger partial charge on any atom is 0.371 e. The van der Waals surface area contributed by atoms with Gasteiger partial charge in [0, 0.05) is 26.6 Å². The van der Waals surface area contributed by atoms with Gasteiger partial charge in [0.15, 0.2) is 0 Å². The summed E-state index contributed by atoms with van der Waals surface area (Å²) in [7, 11) is 1.61. The molecule has 0 saturated carbocycles. The van der Waals surface area contributed by atoms with E-state index in [9.17, 15) is 4.79 Å². The first-order chi connectivity index (χ1) is 9.10. The predicted molar refractivity (Wildman–Crippen MR) is 67.8 cm³/mol. The number of methoxy groups -OCH3 is 1. The molecule has 0 amide bonds. The third-order valence-corrected chi connectivity index (χ3v) is 2.89. The van der Waals surface area contributed by atoms with E-state index in [2.05, 4.69) is 6.07 Å². The van der Waals surface area contributed by atoms with Gasteiger partial charge in [-0.1, -0.05) is 0 Å². The van der Waals surface area contributed by atoms with Crippen molar-refractivity contribution in [3.8, 4) is 6.07 Å². The van der Waals surface area contributed by atoms with Crippen LogP contribution in [-0.2, 0) is 4.74 Å². The van der Waals surface area contributed by atoms with Crippen molar-refractivity contribution >= 4 is 5.97 Å². The molecule has 0 saturated heterocycles. The van der Waals surface area contributed by atoms with Gasteiger partial charge >= 0.3 is 5.97 Å². The van der Waals surface area contributed by atoms with Crippen LogP contribution in [0.25, 0.3) is 0 Å². The van der Waals surface area contributed by atoms with Crippen LogP contribution in [0.5, 0.6) is 0 Å². The normalized spacial score (nSPS) is 12.3. The fourth-order valence-corrected chi connectivity index (χ4v) is 1.77. The van der Waals surface area contributed by atoms with E-state index in [1.807, 2.05) is 11.8 Å². The molecule has 0 bridgehead atoms. The first kappa shape index (κ1) is 15.2. The van der Waals surface area contributed by atoms with E-state index < -0.39 is 5.97 Å². The summed E-state index contributed by atoms with van der Waals surface area (Å²) in [4.78, 5) is 12.8. The molecule has 1 heterocycles. The lowest BCUT2D eigenvalue weighted by atomic mass is 10.2. The summed E-state index contributed by atoms with van der Waals surface area (Å²) in [5, 5.41) is 17.5. The summed E-state index contributed by atoms with van der Waals surface area (Å²) in [6.45, 7) is 3.70. The van der Waals surface area contributed by atoms with Crippen molar-refractivity contribution in [3.63, 3.8) is 0 Å². The van der Waals surface area contributed by atoms with E-state index in [-0.39, 0.29) is 11.8 Å². The standard InChI is InChI=1S/C13H18N2O4/c1-10(11-4-5-12(19-11)13(16)17)15(7-3-6-14)8-9-18-2/h4-5,10H,3,7-9H2,1-2H3,(H,16,17). The third kappa shape index (κ3) is 4.39. The van der Waals surface area contributed by atoms with Crippen molar-refractivity contribution in [2.75, 3.05) is 26.8 Å².